The van der Waals surface area contributed by atoms with Gasteiger partial charge in [-0.3, -0.25) is 24.0 Å². The predicted molar refractivity (Wildman–Crippen MR) is 222 cm³/mol. The molecule has 61 heavy (non-hydrogen) atoms. The number of alkyl carbamates (subject to hydrolysis) is 1. The maximum absolute atomic E-state index is 13.2. The Balaban J connectivity index is 0.962. The summed E-state index contributed by atoms with van der Waals surface area (Å²) < 4.78 is 5.25. The Hall–Kier alpha value is -6.40. The van der Waals surface area contributed by atoms with Gasteiger partial charge in [-0.25, -0.2) is 14.4 Å². The fourth-order valence-electron chi connectivity index (χ4n) is 6.98. The molecule has 0 radical (unpaired) electrons. The van der Waals surface area contributed by atoms with E-state index in [4.69, 9.17) is 4.74 Å². The third-order valence-corrected chi connectivity index (χ3v) is 10.5. The molecule has 3 aliphatic heterocycles. The van der Waals surface area contributed by atoms with Crippen molar-refractivity contribution in [1.82, 2.24) is 50.7 Å². The van der Waals surface area contributed by atoms with Crippen LogP contribution in [0.15, 0.2) is 48.5 Å². The number of ether oxygens (including phenoxy) is 1. The summed E-state index contributed by atoms with van der Waals surface area (Å²) in [4.78, 5) is 110. The van der Waals surface area contributed by atoms with E-state index in [9.17, 15) is 38.4 Å². The van der Waals surface area contributed by atoms with Crippen LogP contribution >= 0.6 is 0 Å². The molecular weight excluding hydrogens is 789 g/mol. The number of piperazine rings is 2. The minimum atomic E-state index is -0.582. The Kier molecular flexibility index (Phi) is 16.3. The van der Waals surface area contributed by atoms with Crippen LogP contribution in [-0.2, 0) is 54.9 Å². The number of rotatable bonds is 13. The highest BCUT2D eigenvalue weighted by Gasteiger charge is 2.31. The first-order valence-corrected chi connectivity index (χ1v) is 20.6. The molecule has 10 amide bonds. The number of nitrogens with one attached hydrogen (secondary N) is 4. The van der Waals surface area contributed by atoms with E-state index in [2.05, 4.69) is 21.3 Å². The summed E-state index contributed by atoms with van der Waals surface area (Å²) in [5.41, 5.74) is 3.04. The zero-order valence-electron chi connectivity index (χ0n) is 35.3. The van der Waals surface area contributed by atoms with Gasteiger partial charge in [-0.2, -0.15) is 0 Å². The van der Waals surface area contributed by atoms with Crippen LogP contribution in [-0.4, -0.2) is 162 Å². The van der Waals surface area contributed by atoms with Gasteiger partial charge in [0.15, 0.2) is 0 Å². The normalized spacial score (nSPS) is 16.3. The molecule has 5 rings (SSSR count). The van der Waals surface area contributed by atoms with Gasteiger partial charge in [0.1, 0.15) is 5.60 Å². The molecule has 0 saturated carbocycles. The van der Waals surface area contributed by atoms with Crippen molar-refractivity contribution in [3.8, 4) is 0 Å². The van der Waals surface area contributed by atoms with E-state index in [1.807, 2.05) is 48.5 Å². The molecule has 3 saturated heterocycles. The Morgan fingerprint density at radius 3 is 1.25 bits per heavy atom. The SMILES string of the molecule is CC(C)(C)OC(=O)NCc1ccc(CNC(=O)N2CCN(C(=O)CN3CCC(=O)N(CC(=O)N4CCN(C(=O)NCc5ccc(CNC=O)cc5)CC4)CCC3=O)CC2)cc1. The third kappa shape index (κ3) is 14.4. The van der Waals surface area contributed by atoms with Crippen molar-refractivity contribution in [3.05, 3.63) is 70.8 Å². The number of urea groups is 2. The van der Waals surface area contributed by atoms with Crippen molar-refractivity contribution in [1.29, 1.82) is 0 Å². The van der Waals surface area contributed by atoms with Crippen LogP contribution in [0.2, 0.25) is 0 Å². The second-order valence-corrected chi connectivity index (χ2v) is 16.2. The molecule has 0 bridgehead atoms. The van der Waals surface area contributed by atoms with Crippen molar-refractivity contribution in [2.45, 2.75) is 65.4 Å². The molecule has 3 aliphatic rings. The Morgan fingerprint density at radius 2 is 0.885 bits per heavy atom. The van der Waals surface area contributed by atoms with Gasteiger partial charge in [0.25, 0.3) is 0 Å². The van der Waals surface area contributed by atoms with Gasteiger partial charge in [0.05, 0.1) is 13.1 Å². The molecule has 2 aromatic rings. The topological polar surface area (TPSA) is 213 Å². The summed E-state index contributed by atoms with van der Waals surface area (Å²) in [6.07, 6.45) is 0.0822. The van der Waals surface area contributed by atoms with Crippen molar-refractivity contribution < 1.29 is 43.1 Å². The predicted octanol–water partition coefficient (Wildman–Crippen LogP) is 0.816. The molecule has 3 fully saturated rings. The smallest absolute Gasteiger partial charge is 0.407 e. The van der Waals surface area contributed by atoms with Gasteiger partial charge in [-0.15, -0.1) is 0 Å². The van der Waals surface area contributed by atoms with Crippen LogP contribution in [0.5, 0.6) is 0 Å². The van der Waals surface area contributed by atoms with Crippen LogP contribution in [0.4, 0.5) is 14.4 Å². The standard InChI is InChI=1S/C42H58N10O9/c1-42(2,3)61-41(60)46-27-34-10-8-33(9-11-34)26-45-40(59)50-22-18-48(19-23-50)38(57)29-52-15-13-35(54)51(14-12-36(52)55)28-37(56)47-16-20-49(21-17-47)39(58)44-25-32-6-4-31(5-7-32)24-43-30-53/h4-11,30H,12-29H2,1-3H3,(H,43,53)(H,44,58)(H,45,59)(H,46,60). The van der Waals surface area contributed by atoms with E-state index in [1.54, 1.807) is 40.4 Å². The van der Waals surface area contributed by atoms with E-state index in [0.29, 0.717) is 84.9 Å². The zero-order chi connectivity index (χ0) is 43.9. The molecule has 0 aliphatic carbocycles. The lowest BCUT2D eigenvalue weighted by atomic mass is 10.1. The molecule has 330 valence electrons. The molecule has 2 aromatic carbocycles. The molecule has 0 aromatic heterocycles. The lowest BCUT2D eigenvalue weighted by Gasteiger charge is -2.37. The van der Waals surface area contributed by atoms with Gasteiger partial charge in [0, 0.05) is 104 Å². The highest BCUT2D eigenvalue weighted by Crippen LogP contribution is 2.13. The summed E-state index contributed by atoms with van der Waals surface area (Å²) in [6.45, 7) is 9.06. The van der Waals surface area contributed by atoms with E-state index in [0.717, 1.165) is 22.3 Å². The minimum absolute atomic E-state index is 0.0295. The largest absolute Gasteiger partial charge is 0.444 e. The van der Waals surface area contributed by atoms with E-state index in [1.165, 1.54) is 9.80 Å². The zero-order valence-corrected chi connectivity index (χ0v) is 35.3. The number of carbonyl (C=O) groups is 8. The molecule has 3 heterocycles. The molecule has 4 N–H and O–H groups in total. The second kappa shape index (κ2) is 21.7. The fraction of sp³-hybridized carbons (Fsp3) is 0.524. The molecule has 19 heteroatoms. The number of amides is 10. The molecule has 0 atom stereocenters. The lowest BCUT2D eigenvalue weighted by Crippen LogP contribution is -2.56. The van der Waals surface area contributed by atoms with Crippen molar-refractivity contribution in [3.63, 3.8) is 0 Å². The summed E-state index contributed by atoms with van der Waals surface area (Å²) in [7, 11) is 0. The van der Waals surface area contributed by atoms with E-state index in [-0.39, 0.29) is 74.7 Å². The number of benzene rings is 2. The number of hydrogen-bond acceptors (Lipinski definition) is 9. The first kappa shape index (κ1) is 45.7. The van der Waals surface area contributed by atoms with Gasteiger partial charge < -0.3 is 55.4 Å². The maximum Gasteiger partial charge on any atom is 0.407 e. The third-order valence-electron chi connectivity index (χ3n) is 10.5. The Morgan fingerprint density at radius 1 is 0.541 bits per heavy atom. The fourth-order valence-corrected chi connectivity index (χ4v) is 6.98. The summed E-state index contributed by atoms with van der Waals surface area (Å²) in [6, 6.07) is 14.5. The monoisotopic (exact) mass is 846 g/mol. The van der Waals surface area contributed by atoms with Crippen LogP contribution in [0.3, 0.4) is 0 Å². The van der Waals surface area contributed by atoms with Crippen LogP contribution < -0.4 is 21.3 Å². The minimum Gasteiger partial charge on any atom is -0.444 e. The van der Waals surface area contributed by atoms with Gasteiger partial charge >= 0.3 is 18.2 Å². The van der Waals surface area contributed by atoms with Gasteiger partial charge in [-0.1, -0.05) is 48.5 Å². The Labute approximate surface area is 356 Å². The summed E-state index contributed by atoms with van der Waals surface area (Å²) >= 11 is 0. The number of nitrogens with zero attached hydrogens (tertiary/aromatic N) is 6. The van der Waals surface area contributed by atoms with Crippen LogP contribution in [0.1, 0.15) is 55.9 Å². The van der Waals surface area contributed by atoms with Gasteiger partial charge in [-0.05, 0) is 43.0 Å². The highest BCUT2D eigenvalue weighted by atomic mass is 16.6. The highest BCUT2D eigenvalue weighted by molar-refractivity contribution is 5.89. The number of hydrogen-bond donors (Lipinski definition) is 4. The Bertz CT molecular complexity index is 1870. The summed E-state index contributed by atoms with van der Waals surface area (Å²) in [5, 5.41) is 11.1. The molecular formula is C42H58N10O9. The second-order valence-electron chi connectivity index (χ2n) is 16.2. The molecule has 19 nitrogen and oxygen atoms in total. The summed E-state index contributed by atoms with van der Waals surface area (Å²) in [5.74, 6) is -1.09. The number of carbonyl (C=O) groups excluding carboxylic acids is 8. The first-order valence-electron chi connectivity index (χ1n) is 20.6. The van der Waals surface area contributed by atoms with Crippen molar-refractivity contribution in [2.24, 2.45) is 0 Å². The maximum atomic E-state index is 13.2. The quantitative estimate of drug-likeness (QED) is 0.210. The van der Waals surface area contributed by atoms with Crippen molar-refractivity contribution >= 4 is 48.2 Å². The molecule has 0 spiro atoms. The average molecular weight is 847 g/mol. The van der Waals surface area contributed by atoms with E-state index < -0.39 is 11.7 Å². The van der Waals surface area contributed by atoms with E-state index >= 15 is 0 Å². The molecule has 0 unspecified atom stereocenters. The van der Waals surface area contributed by atoms with Crippen molar-refractivity contribution in [2.75, 3.05) is 78.5 Å². The average Bonchev–Trinajstić information content (AvgIpc) is 3.25. The van der Waals surface area contributed by atoms with Crippen LogP contribution in [0.25, 0.3) is 0 Å². The lowest BCUT2D eigenvalue weighted by molar-refractivity contribution is -0.147. The van der Waals surface area contributed by atoms with Gasteiger partial charge in [0.2, 0.25) is 30.0 Å². The van der Waals surface area contributed by atoms with Crippen LogP contribution in [0, 0.1) is 0 Å². The first-order chi connectivity index (χ1) is 29.2.